The SMILES string of the molecule is Cc1cc(F)ccc1-n1nnc(-c2ccc(F)cc2)c1-c1ccncc1. The van der Waals surface area contributed by atoms with E-state index >= 15 is 0 Å². The van der Waals surface area contributed by atoms with E-state index in [4.69, 9.17) is 0 Å². The number of rotatable bonds is 3. The summed E-state index contributed by atoms with van der Waals surface area (Å²) in [6.45, 7) is 1.81. The molecule has 4 aromatic rings. The van der Waals surface area contributed by atoms with E-state index in [1.54, 1.807) is 35.3 Å². The molecule has 0 N–H and O–H groups in total. The minimum Gasteiger partial charge on any atom is -0.265 e. The Labute approximate surface area is 148 Å². The first-order valence-corrected chi connectivity index (χ1v) is 8.02. The van der Waals surface area contributed by atoms with Crippen LogP contribution in [0.5, 0.6) is 0 Å². The summed E-state index contributed by atoms with van der Waals surface area (Å²) < 4.78 is 28.5. The molecular weight excluding hydrogens is 334 g/mol. The molecule has 0 amide bonds. The second-order valence-electron chi connectivity index (χ2n) is 5.87. The van der Waals surface area contributed by atoms with Crippen LogP contribution in [0.2, 0.25) is 0 Å². The van der Waals surface area contributed by atoms with Gasteiger partial charge in [0.15, 0.2) is 0 Å². The van der Waals surface area contributed by atoms with Crippen LogP contribution >= 0.6 is 0 Å². The second-order valence-corrected chi connectivity index (χ2v) is 5.87. The maximum Gasteiger partial charge on any atom is 0.123 e. The Morgan fingerprint density at radius 1 is 0.808 bits per heavy atom. The van der Waals surface area contributed by atoms with E-state index < -0.39 is 0 Å². The fourth-order valence-electron chi connectivity index (χ4n) is 2.88. The molecule has 0 spiro atoms. The molecule has 0 aliphatic carbocycles. The lowest BCUT2D eigenvalue weighted by Gasteiger charge is -2.11. The standard InChI is InChI=1S/C20H14F2N4/c1-13-12-17(22)6-7-18(13)26-20(15-8-10-23-11-9-15)19(24-25-26)14-2-4-16(21)5-3-14/h2-12H,1H3. The molecule has 0 unspecified atom stereocenters. The van der Waals surface area contributed by atoms with E-state index in [-0.39, 0.29) is 11.6 Å². The first-order valence-electron chi connectivity index (χ1n) is 8.02. The Hall–Kier alpha value is -3.41. The van der Waals surface area contributed by atoms with Gasteiger partial charge in [0.1, 0.15) is 23.0 Å². The third kappa shape index (κ3) is 2.86. The van der Waals surface area contributed by atoms with Gasteiger partial charge in [-0.1, -0.05) is 5.21 Å². The number of benzene rings is 2. The smallest absolute Gasteiger partial charge is 0.123 e. The van der Waals surface area contributed by atoms with Crippen molar-refractivity contribution in [1.29, 1.82) is 0 Å². The van der Waals surface area contributed by atoms with Gasteiger partial charge in [-0.25, -0.2) is 13.5 Å². The maximum absolute atomic E-state index is 13.5. The van der Waals surface area contributed by atoms with E-state index in [2.05, 4.69) is 15.3 Å². The number of aromatic nitrogens is 4. The number of nitrogens with zero attached hydrogens (tertiary/aromatic N) is 4. The van der Waals surface area contributed by atoms with Crippen LogP contribution in [0, 0.1) is 18.6 Å². The molecule has 0 radical (unpaired) electrons. The Kier molecular flexibility index (Phi) is 4.01. The first-order chi connectivity index (χ1) is 12.6. The number of pyridine rings is 1. The maximum atomic E-state index is 13.5. The summed E-state index contributed by atoms with van der Waals surface area (Å²) in [6.07, 6.45) is 3.36. The van der Waals surface area contributed by atoms with Crippen LogP contribution in [-0.2, 0) is 0 Å². The van der Waals surface area contributed by atoms with Crippen LogP contribution in [0.4, 0.5) is 8.78 Å². The Bertz CT molecular complexity index is 1060. The summed E-state index contributed by atoms with van der Waals surface area (Å²) in [6, 6.07) is 14.3. The van der Waals surface area contributed by atoms with Gasteiger partial charge in [-0.05, 0) is 67.1 Å². The molecule has 0 saturated carbocycles. The van der Waals surface area contributed by atoms with Crippen molar-refractivity contribution in [2.45, 2.75) is 6.92 Å². The molecule has 0 saturated heterocycles. The summed E-state index contributed by atoms with van der Waals surface area (Å²) >= 11 is 0. The van der Waals surface area contributed by atoms with Crippen LogP contribution < -0.4 is 0 Å². The topological polar surface area (TPSA) is 43.6 Å². The lowest BCUT2D eigenvalue weighted by Crippen LogP contribution is -2.02. The fraction of sp³-hybridized carbons (Fsp3) is 0.0500. The quantitative estimate of drug-likeness (QED) is 0.544. The minimum absolute atomic E-state index is 0.310. The number of aryl methyl sites for hydroxylation is 1. The lowest BCUT2D eigenvalue weighted by atomic mass is 10.0. The average Bonchev–Trinajstić information content (AvgIpc) is 3.08. The van der Waals surface area contributed by atoms with Crippen molar-refractivity contribution in [3.05, 3.63) is 84.2 Å². The average molecular weight is 348 g/mol. The molecule has 4 nitrogen and oxygen atoms in total. The molecule has 4 rings (SSSR count). The highest BCUT2D eigenvalue weighted by Crippen LogP contribution is 2.32. The van der Waals surface area contributed by atoms with Crippen molar-refractivity contribution < 1.29 is 8.78 Å². The summed E-state index contributed by atoms with van der Waals surface area (Å²) in [7, 11) is 0. The summed E-state index contributed by atoms with van der Waals surface area (Å²) in [4.78, 5) is 4.05. The summed E-state index contributed by atoms with van der Waals surface area (Å²) in [5, 5.41) is 8.59. The van der Waals surface area contributed by atoms with E-state index in [1.807, 2.05) is 19.1 Å². The van der Waals surface area contributed by atoms with E-state index in [0.29, 0.717) is 5.69 Å². The molecule has 0 aliphatic rings. The number of hydrogen-bond donors (Lipinski definition) is 0. The van der Waals surface area contributed by atoms with Gasteiger partial charge in [-0.2, -0.15) is 0 Å². The highest BCUT2D eigenvalue weighted by atomic mass is 19.1. The van der Waals surface area contributed by atoms with Crippen molar-refractivity contribution >= 4 is 0 Å². The zero-order valence-corrected chi connectivity index (χ0v) is 13.9. The molecule has 2 aromatic carbocycles. The van der Waals surface area contributed by atoms with Crippen molar-refractivity contribution in [1.82, 2.24) is 20.0 Å². The van der Waals surface area contributed by atoms with Crippen LogP contribution in [0.25, 0.3) is 28.2 Å². The highest BCUT2D eigenvalue weighted by molar-refractivity contribution is 5.79. The van der Waals surface area contributed by atoms with E-state index in [1.165, 1.54) is 24.3 Å². The van der Waals surface area contributed by atoms with Gasteiger partial charge < -0.3 is 0 Å². The molecule has 0 bridgehead atoms. The van der Waals surface area contributed by atoms with Gasteiger partial charge in [0.05, 0.1) is 5.69 Å². The van der Waals surface area contributed by atoms with E-state index in [9.17, 15) is 8.78 Å². The Balaban J connectivity index is 1.97. The number of halogens is 2. The van der Waals surface area contributed by atoms with E-state index in [0.717, 1.165) is 28.1 Å². The molecule has 6 heteroatoms. The molecule has 2 aromatic heterocycles. The largest absolute Gasteiger partial charge is 0.265 e. The van der Waals surface area contributed by atoms with Gasteiger partial charge in [-0.15, -0.1) is 5.10 Å². The monoisotopic (exact) mass is 348 g/mol. The van der Waals surface area contributed by atoms with Gasteiger partial charge in [-0.3, -0.25) is 4.98 Å². The van der Waals surface area contributed by atoms with Crippen LogP contribution in [0.15, 0.2) is 67.0 Å². The van der Waals surface area contributed by atoms with Gasteiger partial charge in [0, 0.05) is 23.5 Å². The summed E-state index contributed by atoms with van der Waals surface area (Å²) in [5.41, 5.74) is 4.39. The first kappa shape index (κ1) is 16.1. The Morgan fingerprint density at radius 2 is 1.50 bits per heavy atom. The van der Waals surface area contributed by atoms with Crippen LogP contribution in [0.1, 0.15) is 5.56 Å². The molecule has 128 valence electrons. The van der Waals surface area contributed by atoms with Crippen LogP contribution in [0.3, 0.4) is 0 Å². The summed E-state index contributed by atoms with van der Waals surface area (Å²) in [5.74, 6) is -0.628. The molecular formula is C20H14F2N4. The van der Waals surface area contributed by atoms with Crippen molar-refractivity contribution in [3.63, 3.8) is 0 Å². The molecule has 0 aliphatic heterocycles. The number of hydrogen-bond acceptors (Lipinski definition) is 3. The fourth-order valence-corrected chi connectivity index (χ4v) is 2.88. The van der Waals surface area contributed by atoms with Crippen molar-refractivity contribution in [2.75, 3.05) is 0 Å². The predicted molar refractivity (Wildman–Crippen MR) is 94.7 cm³/mol. The van der Waals surface area contributed by atoms with Gasteiger partial charge in [0.25, 0.3) is 0 Å². The third-order valence-electron chi connectivity index (χ3n) is 4.13. The Morgan fingerprint density at radius 3 is 2.19 bits per heavy atom. The zero-order chi connectivity index (χ0) is 18.1. The lowest BCUT2D eigenvalue weighted by molar-refractivity contribution is 0.625. The highest BCUT2D eigenvalue weighted by Gasteiger charge is 2.19. The molecule has 2 heterocycles. The molecule has 0 atom stereocenters. The van der Waals surface area contributed by atoms with Gasteiger partial charge in [0.2, 0.25) is 0 Å². The molecule has 26 heavy (non-hydrogen) atoms. The van der Waals surface area contributed by atoms with Crippen LogP contribution in [-0.4, -0.2) is 20.0 Å². The van der Waals surface area contributed by atoms with Crippen molar-refractivity contribution in [3.8, 4) is 28.2 Å². The third-order valence-corrected chi connectivity index (χ3v) is 4.13. The zero-order valence-electron chi connectivity index (χ0n) is 13.9. The van der Waals surface area contributed by atoms with Gasteiger partial charge >= 0.3 is 0 Å². The van der Waals surface area contributed by atoms with Crippen molar-refractivity contribution in [2.24, 2.45) is 0 Å². The second kappa shape index (κ2) is 6.48. The molecule has 0 fully saturated rings. The normalized spacial score (nSPS) is 10.9. The minimum atomic E-state index is -0.319. The predicted octanol–water partition coefficient (Wildman–Crippen LogP) is 4.58.